The van der Waals surface area contributed by atoms with Gasteiger partial charge in [0.25, 0.3) is 0 Å². The second-order valence-corrected chi connectivity index (χ2v) is 12.4. The van der Waals surface area contributed by atoms with Crippen molar-refractivity contribution < 1.29 is 40.7 Å². The Labute approximate surface area is 258 Å². The fourth-order valence-corrected chi connectivity index (χ4v) is 8.31. The number of thioether (sulfide) groups is 1. The number of imide groups is 1. The lowest BCUT2D eigenvalue weighted by molar-refractivity contribution is -0.138. The summed E-state index contributed by atoms with van der Waals surface area (Å²) >= 11 is 1.53. The summed E-state index contributed by atoms with van der Waals surface area (Å²) in [5.41, 5.74) is -2.38. The second-order valence-electron chi connectivity index (χ2n) is 10.2. The summed E-state index contributed by atoms with van der Waals surface area (Å²) in [5.74, 6) is -4.66. The number of carbonyl (C=O) groups is 3. The normalized spacial score (nSPS) is 19.8. The molecule has 2 unspecified atom stereocenters. The number of anilines is 2. The van der Waals surface area contributed by atoms with E-state index in [-0.39, 0.29) is 10.7 Å². The highest BCUT2D eigenvalue weighted by molar-refractivity contribution is 8.00. The van der Waals surface area contributed by atoms with Crippen molar-refractivity contribution in [1.29, 1.82) is 0 Å². The predicted molar refractivity (Wildman–Crippen MR) is 154 cm³/mol. The van der Waals surface area contributed by atoms with E-state index in [2.05, 4.69) is 5.32 Å². The summed E-state index contributed by atoms with van der Waals surface area (Å²) in [6, 6.07) is 16.6. The number of benzene rings is 3. The third-order valence-corrected chi connectivity index (χ3v) is 10.0. The van der Waals surface area contributed by atoms with Crippen molar-refractivity contribution >= 4 is 52.2 Å². The number of carbonyl (C=O) groups excluding carboxylic acids is 3. The standard InChI is InChI=1S/C30H19F6N3O4S2/c31-29(32,33)16-9-6-10-17(13-16)37-20(40)14-38-27-24(45-28(38)43)21(15-7-2-1-3-8-15)22-23(44-27)26(42)39(25(22)41)19-12-5-4-11-18(19)30(34,35)36/h1-13,21-23H,14H2,(H,37,40)/t21-,22?,23?/m1/s1. The molecule has 3 aromatic carbocycles. The fraction of sp³-hybridized carbons (Fsp3) is 0.200. The van der Waals surface area contributed by atoms with E-state index in [1.807, 2.05) is 0 Å². The monoisotopic (exact) mass is 663 g/mol. The van der Waals surface area contributed by atoms with Crippen LogP contribution in [0.25, 0.3) is 0 Å². The SMILES string of the molecule is O=C(Cn1c2c(sc1=O)[C@H](c1ccccc1)C1C(=O)N(c3ccccc3C(F)(F)F)C(=O)C1S2)Nc1cccc(C(F)(F)F)c1. The van der Waals surface area contributed by atoms with E-state index >= 15 is 0 Å². The van der Waals surface area contributed by atoms with Gasteiger partial charge in [-0.05, 0) is 35.9 Å². The first-order chi connectivity index (χ1) is 21.3. The first-order valence-electron chi connectivity index (χ1n) is 13.2. The lowest BCUT2D eigenvalue weighted by atomic mass is 9.83. The minimum Gasteiger partial charge on any atom is -0.325 e. The molecule has 4 aromatic rings. The minimum atomic E-state index is -4.86. The van der Waals surface area contributed by atoms with Gasteiger partial charge in [-0.25, -0.2) is 4.90 Å². The topological polar surface area (TPSA) is 88.5 Å². The van der Waals surface area contributed by atoms with Crippen LogP contribution in [0.5, 0.6) is 0 Å². The molecule has 3 heterocycles. The van der Waals surface area contributed by atoms with Crippen molar-refractivity contribution in [2.24, 2.45) is 5.92 Å². The summed E-state index contributed by atoms with van der Waals surface area (Å²) in [5, 5.41) is 1.28. The van der Waals surface area contributed by atoms with Crippen molar-refractivity contribution in [2.45, 2.75) is 35.1 Å². The number of rotatable bonds is 5. The van der Waals surface area contributed by atoms with E-state index in [9.17, 15) is 45.5 Å². The second kappa shape index (κ2) is 11.2. The Hall–Kier alpha value is -4.37. The maximum absolute atomic E-state index is 13.9. The number of hydrogen-bond donors (Lipinski definition) is 1. The molecule has 0 spiro atoms. The summed E-state index contributed by atoms with van der Waals surface area (Å²) in [4.78, 5) is 54.1. The van der Waals surface area contributed by atoms with Crippen LogP contribution >= 0.6 is 23.1 Å². The molecule has 7 nitrogen and oxygen atoms in total. The molecule has 3 atom stereocenters. The van der Waals surface area contributed by atoms with Crippen LogP contribution in [-0.4, -0.2) is 27.5 Å². The van der Waals surface area contributed by atoms with Crippen LogP contribution in [0.3, 0.4) is 0 Å². The maximum atomic E-state index is 13.9. The van der Waals surface area contributed by atoms with Crippen molar-refractivity contribution in [3.05, 3.63) is 110 Å². The molecule has 2 aliphatic heterocycles. The molecule has 0 radical (unpaired) electrons. The smallest absolute Gasteiger partial charge is 0.325 e. The average Bonchev–Trinajstić information content (AvgIpc) is 3.42. The first kappa shape index (κ1) is 30.6. The van der Waals surface area contributed by atoms with Gasteiger partial charge in [0.05, 0.1) is 27.8 Å². The van der Waals surface area contributed by atoms with Crippen LogP contribution < -0.4 is 15.1 Å². The van der Waals surface area contributed by atoms with Gasteiger partial charge in [-0.2, -0.15) is 26.3 Å². The molecule has 0 bridgehead atoms. The lowest BCUT2D eigenvalue weighted by Crippen LogP contribution is -2.33. The van der Waals surface area contributed by atoms with Crippen molar-refractivity contribution in [3.63, 3.8) is 0 Å². The minimum absolute atomic E-state index is 0.155. The third-order valence-electron chi connectivity index (χ3n) is 7.43. The Kier molecular flexibility index (Phi) is 7.64. The van der Waals surface area contributed by atoms with Gasteiger partial charge in [-0.3, -0.25) is 23.7 Å². The highest BCUT2D eigenvalue weighted by atomic mass is 32.2. The summed E-state index contributed by atoms with van der Waals surface area (Å²) in [6.07, 6.45) is -9.51. The van der Waals surface area contributed by atoms with E-state index < -0.39 is 75.4 Å². The molecular formula is C30H19F6N3O4S2. The number of fused-ring (bicyclic) bond motifs is 2. The Bertz CT molecular complexity index is 1890. The predicted octanol–water partition coefficient (Wildman–Crippen LogP) is 6.38. The number of alkyl halides is 6. The van der Waals surface area contributed by atoms with Gasteiger partial charge in [0.1, 0.15) is 11.8 Å². The largest absolute Gasteiger partial charge is 0.418 e. The van der Waals surface area contributed by atoms with Crippen molar-refractivity contribution in [1.82, 2.24) is 4.57 Å². The van der Waals surface area contributed by atoms with Gasteiger partial charge < -0.3 is 5.32 Å². The van der Waals surface area contributed by atoms with Gasteiger partial charge >= 0.3 is 17.2 Å². The van der Waals surface area contributed by atoms with E-state index in [0.29, 0.717) is 15.3 Å². The summed E-state index contributed by atoms with van der Waals surface area (Å²) in [6.45, 7) is -0.629. The Morgan fingerprint density at radius 3 is 2.20 bits per heavy atom. The van der Waals surface area contributed by atoms with Crippen molar-refractivity contribution in [2.75, 3.05) is 10.2 Å². The molecule has 2 aliphatic rings. The molecule has 1 N–H and O–H groups in total. The van der Waals surface area contributed by atoms with Crippen LogP contribution in [-0.2, 0) is 33.3 Å². The molecule has 232 valence electrons. The molecule has 45 heavy (non-hydrogen) atoms. The molecule has 6 rings (SSSR count). The van der Waals surface area contributed by atoms with Crippen LogP contribution in [0, 0.1) is 5.92 Å². The van der Waals surface area contributed by atoms with E-state index in [1.54, 1.807) is 30.3 Å². The summed E-state index contributed by atoms with van der Waals surface area (Å²) < 4.78 is 82.2. The number of hydrogen-bond acceptors (Lipinski definition) is 6. The number of amides is 3. The van der Waals surface area contributed by atoms with Crippen LogP contribution in [0.15, 0.2) is 88.7 Å². The molecule has 15 heteroatoms. The summed E-state index contributed by atoms with van der Waals surface area (Å²) in [7, 11) is 0. The number of thiazole rings is 1. The number of halogens is 6. The zero-order valence-electron chi connectivity index (χ0n) is 22.6. The molecular weight excluding hydrogens is 644 g/mol. The van der Waals surface area contributed by atoms with Crippen LogP contribution in [0.1, 0.15) is 27.5 Å². The molecule has 1 fully saturated rings. The highest BCUT2D eigenvalue weighted by Crippen LogP contribution is 2.54. The van der Waals surface area contributed by atoms with Gasteiger partial charge in [-0.1, -0.05) is 71.6 Å². The zero-order chi connectivity index (χ0) is 32.3. The lowest BCUT2D eigenvalue weighted by Gasteiger charge is -2.30. The van der Waals surface area contributed by atoms with E-state index in [1.165, 1.54) is 12.1 Å². The van der Waals surface area contributed by atoms with E-state index in [4.69, 9.17) is 0 Å². The Morgan fingerprint density at radius 2 is 1.51 bits per heavy atom. The van der Waals surface area contributed by atoms with Gasteiger partial charge in [0, 0.05) is 16.5 Å². The average molecular weight is 664 g/mol. The third kappa shape index (κ3) is 5.54. The Morgan fingerprint density at radius 1 is 0.822 bits per heavy atom. The van der Waals surface area contributed by atoms with Crippen molar-refractivity contribution in [3.8, 4) is 0 Å². The number of para-hydroxylation sites is 1. The quantitative estimate of drug-likeness (QED) is 0.198. The number of nitrogens with one attached hydrogen (secondary N) is 1. The molecule has 0 saturated carbocycles. The van der Waals surface area contributed by atoms with Crippen LogP contribution in [0.2, 0.25) is 0 Å². The zero-order valence-corrected chi connectivity index (χ0v) is 24.2. The number of nitrogens with zero attached hydrogens (tertiary/aromatic N) is 2. The molecule has 1 saturated heterocycles. The molecule has 0 aliphatic carbocycles. The van der Waals surface area contributed by atoms with Crippen LogP contribution in [0.4, 0.5) is 37.7 Å². The maximum Gasteiger partial charge on any atom is 0.418 e. The van der Waals surface area contributed by atoms with Gasteiger partial charge in [-0.15, -0.1) is 0 Å². The van der Waals surface area contributed by atoms with Gasteiger partial charge in [0.2, 0.25) is 17.7 Å². The van der Waals surface area contributed by atoms with E-state index in [0.717, 1.165) is 64.1 Å². The molecule has 3 amide bonds. The number of aromatic nitrogens is 1. The highest BCUT2D eigenvalue weighted by Gasteiger charge is 2.57. The fourth-order valence-electron chi connectivity index (χ4n) is 5.54. The first-order valence-corrected chi connectivity index (χ1v) is 14.9. The van der Waals surface area contributed by atoms with Gasteiger partial charge in [0.15, 0.2) is 0 Å². The Balaban J connectivity index is 1.39. The molecule has 1 aromatic heterocycles.